The Bertz CT molecular complexity index is 518. The molecule has 98 valence electrons. The van der Waals surface area contributed by atoms with Gasteiger partial charge in [0, 0.05) is 23.7 Å². The average molecular weight is 256 g/mol. The summed E-state index contributed by atoms with van der Waals surface area (Å²) in [5.74, 6) is 2.43. The molecule has 5 fully saturated rings. The zero-order valence-electron chi connectivity index (χ0n) is 10.6. The van der Waals surface area contributed by atoms with Crippen molar-refractivity contribution in [3.8, 4) is 0 Å². The van der Waals surface area contributed by atoms with Crippen LogP contribution >= 0.6 is 0 Å². The third-order valence-corrected chi connectivity index (χ3v) is 7.03. The molecular formula is C16H16O3. The maximum Gasteiger partial charge on any atom is 0.141 e. The second-order valence-electron chi connectivity index (χ2n) is 7.48. The van der Waals surface area contributed by atoms with Crippen molar-refractivity contribution in [2.45, 2.75) is 25.0 Å². The highest BCUT2D eigenvalue weighted by atomic mass is 16.6. The van der Waals surface area contributed by atoms with Gasteiger partial charge in [0.1, 0.15) is 11.6 Å². The van der Waals surface area contributed by atoms with Crippen LogP contribution in [0.2, 0.25) is 0 Å². The number of carbonyl (C=O) groups is 2. The molecule has 10 atom stereocenters. The molecule has 4 bridgehead atoms. The molecule has 5 aliphatic carbocycles. The number of ketones is 2. The summed E-state index contributed by atoms with van der Waals surface area (Å²) in [4.78, 5) is 25.9. The summed E-state index contributed by atoms with van der Waals surface area (Å²) < 4.78 is 5.70. The van der Waals surface area contributed by atoms with Gasteiger partial charge in [0.15, 0.2) is 0 Å². The van der Waals surface area contributed by atoms with Gasteiger partial charge in [-0.3, -0.25) is 9.59 Å². The van der Waals surface area contributed by atoms with Gasteiger partial charge in [-0.15, -0.1) is 0 Å². The Kier molecular flexibility index (Phi) is 1.42. The van der Waals surface area contributed by atoms with Gasteiger partial charge in [0.05, 0.1) is 12.2 Å². The van der Waals surface area contributed by atoms with Crippen LogP contribution in [0.15, 0.2) is 12.2 Å². The number of fused-ring (bicyclic) bond motifs is 13. The van der Waals surface area contributed by atoms with E-state index in [-0.39, 0.29) is 23.7 Å². The maximum atomic E-state index is 12.9. The van der Waals surface area contributed by atoms with Crippen LogP contribution in [0.3, 0.4) is 0 Å². The number of carbonyl (C=O) groups excluding carboxylic acids is 2. The zero-order chi connectivity index (χ0) is 12.5. The van der Waals surface area contributed by atoms with Crippen molar-refractivity contribution in [2.24, 2.45) is 47.3 Å². The summed E-state index contributed by atoms with van der Waals surface area (Å²) in [6, 6.07) is 0. The predicted octanol–water partition coefficient (Wildman–Crippen LogP) is 1.23. The van der Waals surface area contributed by atoms with Crippen LogP contribution in [0, 0.1) is 47.3 Å². The molecule has 0 amide bonds. The Morgan fingerprint density at radius 2 is 1.32 bits per heavy atom. The molecule has 1 saturated heterocycles. The summed E-state index contributed by atoms with van der Waals surface area (Å²) in [7, 11) is 0. The van der Waals surface area contributed by atoms with E-state index < -0.39 is 0 Å². The van der Waals surface area contributed by atoms with E-state index in [9.17, 15) is 9.59 Å². The van der Waals surface area contributed by atoms with E-state index in [4.69, 9.17) is 4.74 Å². The fourth-order valence-electron chi connectivity index (χ4n) is 6.46. The highest BCUT2D eigenvalue weighted by molar-refractivity contribution is 6.02. The van der Waals surface area contributed by atoms with Crippen molar-refractivity contribution < 1.29 is 14.3 Å². The summed E-state index contributed by atoms with van der Waals surface area (Å²) in [6.45, 7) is 0. The number of ether oxygens (including phenoxy) is 1. The normalized spacial score (nSPS) is 66.3. The van der Waals surface area contributed by atoms with E-state index in [2.05, 4.69) is 12.2 Å². The number of rotatable bonds is 0. The SMILES string of the molecule is O=C1[C@@H]2[C@@H]3C[C@H]([C@H]4O[C@H]34)[C@@H]2C(=O)[C@H]2[C@H]1[C@H]1C=C[C@H]2C1. The lowest BCUT2D eigenvalue weighted by Crippen LogP contribution is -2.52. The number of epoxide rings is 1. The first kappa shape index (κ1) is 9.87. The molecule has 3 nitrogen and oxygen atoms in total. The molecule has 6 rings (SSSR count). The standard InChI is InChI=1S/C16H16O3/c17-13-9-5-1-2-6(3-5)10(9)14(18)12-8-4-7(11(12)13)15-16(8)19-15/h1-2,5-12,15-16H,3-4H2/t5-,6-,7-,8-,9+,10+,11-,12+,15+,16+/m0/s1. The first-order valence-electron chi connectivity index (χ1n) is 7.67. The number of hydrogen-bond acceptors (Lipinski definition) is 3. The molecule has 1 heterocycles. The van der Waals surface area contributed by atoms with E-state index in [0.29, 0.717) is 47.4 Å². The third-order valence-electron chi connectivity index (χ3n) is 7.03. The van der Waals surface area contributed by atoms with Crippen LogP contribution in [-0.4, -0.2) is 23.8 Å². The molecule has 0 aromatic rings. The van der Waals surface area contributed by atoms with Gasteiger partial charge < -0.3 is 4.74 Å². The van der Waals surface area contributed by atoms with Crippen molar-refractivity contribution >= 4 is 11.6 Å². The zero-order valence-corrected chi connectivity index (χ0v) is 10.6. The van der Waals surface area contributed by atoms with Crippen molar-refractivity contribution in [3.63, 3.8) is 0 Å². The lowest BCUT2D eigenvalue weighted by Gasteiger charge is -2.40. The Labute approximate surface area is 111 Å². The number of allylic oxidation sites excluding steroid dienone is 2. The Hall–Kier alpha value is -0.960. The molecule has 1 aliphatic heterocycles. The van der Waals surface area contributed by atoms with E-state index in [0.717, 1.165) is 12.8 Å². The Morgan fingerprint density at radius 3 is 1.84 bits per heavy atom. The van der Waals surface area contributed by atoms with Crippen LogP contribution in [-0.2, 0) is 14.3 Å². The molecule has 3 heteroatoms. The largest absolute Gasteiger partial charge is 0.369 e. The molecule has 4 saturated carbocycles. The minimum atomic E-state index is 0.0234. The van der Waals surface area contributed by atoms with E-state index in [1.54, 1.807) is 0 Å². The molecule has 6 aliphatic rings. The van der Waals surface area contributed by atoms with Crippen LogP contribution in [0.25, 0.3) is 0 Å². The van der Waals surface area contributed by atoms with Crippen molar-refractivity contribution in [1.29, 1.82) is 0 Å². The summed E-state index contributed by atoms with van der Waals surface area (Å²) in [5.41, 5.74) is 0. The molecule has 19 heavy (non-hydrogen) atoms. The molecule has 0 aromatic heterocycles. The molecule has 0 unspecified atom stereocenters. The second kappa shape index (κ2) is 2.73. The maximum absolute atomic E-state index is 12.9. The molecule has 0 aromatic carbocycles. The van der Waals surface area contributed by atoms with Crippen LogP contribution in [0.4, 0.5) is 0 Å². The van der Waals surface area contributed by atoms with E-state index >= 15 is 0 Å². The minimum absolute atomic E-state index is 0.0234. The summed E-state index contributed by atoms with van der Waals surface area (Å²) in [5, 5.41) is 0. The number of hydrogen-bond donors (Lipinski definition) is 0. The Balaban J connectivity index is 1.50. The van der Waals surface area contributed by atoms with Gasteiger partial charge in [-0.1, -0.05) is 12.2 Å². The lowest BCUT2D eigenvalue weighted by atomic mass is 9.59. The van der Waals surface area contributed by atoms with Crippen LogP contribution in [0.1, 0.15) is 12.8 Å². The summed E-state index contributed by atoms with van der Waals surface area (Å²) in [6.07, 6.45) is 7.17. The van der Waals surface area contributed by atoms with Gasteiger partial charge in [-0.2, -0.15) is 0 Å². The highest BCUT2D eigenvalue weighted by Crippen LogP contribution is 2.67. The first-order chi connectivity index (χ1) is 9.25. The Morgan fingerprint density at radius 1 is 0.789 bits per heavy atom. The van der Waals surface area contributed by atoms with Crippen LogP contribution in [0.5, 0.6) is 0 Å². The third kappa shape index (κ3) is 0.884. The smallest absolute Gasteiger partial charge is 0.141 e. The number of Topliss-reactive ketones (excluding diaryl/α,β-unsaturated/α-hetero) is 2. The average Bonchev–Trinajstić information content (AvgIpc) is 2.83. The second-order valence-corrected chi connectivity index (χ2v) is 7.48. The monoisotopic (exact) mass is 256 g/mol. The van der Waals surface area contributed by atoms with Crippen LogP contribution < -0.4 is 0 Å². The quantitative estimate of drug-likeness (QED) is 0.484. The topological polar surface area (TPSA) is 46.7 Å². The lowest BCUT2D eigenvalue weighted by molar-refractivity contribution is -0.149. The first-order valence-corrected chi connectivity index (χ1v) is 7.67. The summed E-state index contributed by atoms with van der Waals surface area (Å²) >= 11 is 0. The molecular weight excluding hydrogens is 240 g/mol. The van der Waals surface area contributed by atoms with Gasteiger partial charge in [0.2, 0.25) is 0 Å². The van der Waals surface area contributed by atoms with Crippen molar-refractivity contribution in [1.82, 2.24) is 0 Å². The van der Waals surface area contributed by atoms with E-state index in [1.165, 1.54) is 0 Å². The van der Waals surface area contributed by atoms with Gasteiger partial charge in [0.25, 0.3) is 0 Å². The van der Waals surface area contributed by atoms with Gasteiger partial charge in [-0.05, 0) is 36.5 Å². The van der Waals surface area contributed by atoms with Crippen molar-refractivity contribution in [3.05, 3.63) is 12.2 Å². The predicted molar refractivity (Wildman–Crippen MR) is 65.0 cm³/mol. The fourth-order valence-corrected chi connectivity index (χ4v) is 6.46. The molecule has 0 spiro atoms. The molecule has 0 N–H and O–H groups in total. The van der Waals surface area contributed by atoms with Gasteiger partial charge in [-0.25, -0.2) is 0 Å². The van der Waals surface area contributed by atoms with Crippen molar-refractivity contribution in [2.75, 3.05) is 0 Å². The highest BCUT2D eigenvalue weighted by Gasteiger charge is 2.74. The van der Waals surface area contributed by atoms with Gasteiger partial charge >= 0.3 is 0 Å². The fraction of sp³-hybridized carbons (Fsp3) is 0.750. The minimum Gasteiger partial charge on any atom is -0.369 e. The van der Waals surface area contributed by atoms with E-state index in [1.807, 2.05) is 0 Å². The molecule has 0 radical (unpaired) electrons.